The maximum atomic E-state index is 14.2. The van der Waals surface area contributed by atoms with Gasteiger partial charge in [0.1, 0.15) is 5.82 Å². The number of aryl methyl sites for hydroxylation is 2. The summed E-state index contributed by atoms with van der Waals surface area (Å²) in [6.07, 6.45) is 0. The Balaban J connectivity index is 2.69. The fraction of sp³-hybridized carbons (Fsp3) is 0.133. The molecule has 0 aliphatic carbocycles. The molecule has 0 atom stereocenters. The van der Waals surface area contributed by atoms with Gasteiger partial charge in [0.05, 0.1) is 5.56 Å². The molecule has 2 nitrogen and oxygen atoms in total. The first-order valence-corrected chi connectivity index (χ1v) is 6.08. The number of carbonyl (C=O) groups is 1. The fourth-order valence-corrected chi connectivity index (χ4v) is 2.21. The van der Waals surface area contributed by atoms with Crippen LogP contribution in [0.4, 0.5) is 4.39 Å². The molecule has 0 aliphatic heterocycles. The predicted molar refractivity (Wildman–Crippen MR) is 73.3 cm³/mol. The molecule has 0 radical (unpaired) electrons. The van der Waals surface area contributed by atoms with Crippen molar-refractivity contribution < 1.29 is 14.3 Å². The van der Waals surface area contributed by atoms with Crippen molar-refractivity contribution in [2.75, 3.05) is 0 Å². The minimum Gasteiger partial charge on any atom is -0.478 e. The van der Waals surface area contributed by atoms with Crippen molar-refractivity contribution in [1.29, 1.82) is 0 Å². The Morgan fingerprint density at radius 3 is 2.42 bits per heavy atom. The van der Waals surface area contributed by atoms with E-state index < -0.39 is 11.8 Å². The van der Waals surface area contributed by atoms with Gasteiger partial charge >= 0.3 is 5.97 Å². The Hall–Kier alpha value is -1.87. The van der Waals surface area contributed by atoms with Crippen LogP contribution in [0.5, 0.6) is 0 Å². The fourth-order valence-electron chi connectivity index (χ4n) is 1.89. The molecule has 0 saturated carbocycles. The van der Waals surface area contributed by atoms with E-state index in [0.29, 0.717) is 10.6 Å². The first-order chi connectivity index (χ1) is 8.91. The molecule has 98 valence electrons. The summed E-state index contributed by atoms with van der Waals surface area (Å²) >= 11 is 6.13. The van der Waals surface area contributed by atoms with E-state index in [2.05, 4.69) is 0 Å². The standard InChI is InChI=1S/C15H12ClFO2/c1-8-6-12(13(16)7-9(8)2)10-4-3-5-11(14(10)17)15(18)19/h3-7H,1-2H3,(H,18,19). The van der Waals surface area contributed by atoms with Crippen molar-refractivity contribution in [3.8, 4) is 11.1 Å². The first kappa shape index (κ1) is 13.6. The summed E-state index contributed by atoms with van der Waals surface area (Å²) in [6.45, 7) is 3.81. The Labute approximate surface area is 115 Å². The molecule has 1 N–H and O–H groups in total. The zero-order valence-electron chi connectivity index (χ0n) is 10.5. The first-order valence-electron chi connectivity index (χ1n) is 5.70. The minimum absolute atomic E-state index is 0.202. The molecule has 2 aromatic carbocycles. The number of carboxylic acids is 1. The van der Waals surface area contributed by atoms with Gasteiger partial charge in [-0.05, 0) is 43.2 Å². The topological polar surface area (TPSA) is 37.3 Å². The van der Waals surface area contributed by atoms with E-state index in [-0.39, 0.29) is 11.1 Å². The molecule has 0 fully saturated rings. The SMILES string of the molecule is Cc1cc(Cl)c(-c2cccc(C(=O)O)c2F)cc1C. The predicted octanol–water partition coefficient (Wildman–Crippen LogP) is 4.46. The monoisotopic (exact) mass is 278 g/mol. The molecule has 0 aliphatic rings. The molecule has 0 spiro atoms. The Morgan fingerprint density at radius 1 is 1.16 bits per heavy atom. The average Bonchev–Trinajstić information content (AvgIpc) is 2.34. The molecule has 0 aromatic heterocycles. The van der Waals surface area contributed by atoms with Crippen LogP contribution in [0, 0.1) is 19.7 Å². The maximum Gasteiger partial charge on any atom is 0.338 e. The van der Waals surface area contributed by atoms with Crippen LogP contribution < -0.4 is 0 Å². The lowest BCUT2D eigenvalue weighted by atomic mass is 9.98. The normalized spacial score (nSPS) is 10.5. The highest BCUT2D eigenvalue weighted by Gasteiger charge is 2.17. The molecule has 0 heterocycles. The van der Waals surface area contributed by atoms with E-state index >= 15 is 0 Å². The quantitative estimate of drug-likeness (QED) is 0.880. The largest absolute Gasteiger partial charge is 0.478 e. The minimum atomic E-state index is -1.29. The van der Waals surface area contributed by atoms with E-state index in [1.807, 2.05) is 13.8 Å². The molecule has 0 unspecified atom stereocenters. The highest BCUT2D eigenvalue weighted by atomic mass is 35.5. The van der Waals surface area contributed by atoms with Crippen molar-refractivity contribution in [3.05, 3.63) is 57.9 Å². The number of hydrogen-bond donors (Lipinski definition) is 1. The van der Waals surface area contributed by atoms with Crippen molar-refractivity contribution >= 4 is 17.6 Å². The van der Waals surface area contributed by atoms with Crippen LogP contribution in [0.1, 0.15) is 21.5 Å². The van der Waals surface area contributed by atoms with E-state index in [4.69, 9.17) is 16.7 Å². The van der Waals surface area contributed by atoms with E-state index in [0.717, 1.165) is 11.1 Å². The van der Waals surface area contributed by atoms with Crippen molar-refractivity contribution in [2.24, 2.45) is 0 Å². The summed E-state index contributed by atoms with van der Waals surface area (Å²) in [5.74, 6) is -2.06. The lowest BCUT2D eigenvalue weighted by molar-refractivity contribution is 0.0692. The van der Waals surface area contributed by atoms with E-state index in [1.54, 1.807) is 12.1 Å². The second-order valence-electron chi connectivity index (χ2n) is 4.39. The van der Waals surface area contributed by atoms with Gasteiger partial charge in [0.15, 0.2) is 0 Å². The third-order valence-corrected chi connectivity index (χ3v) is 3.42. The zero-order chi connectivity index (χ0) is 14.2. The highest BCUT2D eigenvalue weighted by Crippen LogP contribution is 2.33. The number of carboxylic acid groups (broad SMARTS) is 1. The van der Waals surface area contributed by atoms with Gasteiger partial charge < -0.3 is 5.11 Å². The summed E-state index contributed by atoms with van der Waals surface area (Å²) in [7, 11) is 0. The lowest BCUT2D eigenvalue weighted by Gasteiger charge is -2.10. The van der Waals surface area contributed by atoms with Crippen LogP contribution in [0.2, 0.25) is 5.02 Å². The van der Waals surface area contributed by atoms with Gasteiger partial charge in [0.2, 0.25) is 0 Å². The number of rotatable bonds is 2. The van der Waals surface area contributed by atoms with Crippen LogP contribution in [-0.2, 0) is 0 Å². The summed E-state index contributed by atoms with van der Waals surface area (Å²) < 4.78 is 14.2. The summed E-state index contributed by atoms with van der Waals surface area (Å²) in [6, 6.07) is 7.78. The third kappa shape index (κ3) is 2.47. The molecule has 0 amide bonds. The lowest BCUT2D eigenvalue weighted by Crippen LogP contribution is -2.02. The van der Waals surface area contributed by atoms with E-state index in [1.165, 1.54) is 18.2 Å². The number of benzene rings is 2. The smallest absolute Gasteiger partial charge is 0.338 e. The zero-order valence-corrected chi connectivity index (χ0v) is 11.3. The highest BCUT2D eigenvalue weighted by molar-refractivity contribution is 6.33. The molecule has 19 heavy (non-hydrogen) atoms. The Kier molecular flexibility index (Phi) is 3.58. The molecule has 0 saturated heterocycles. The van der Waals surface area contributed by atoms with Gasteiger partial charge in [0.25, 0.3) is 0 Å². The maximum absolute atomic E-state index is 14.2. The van der Waals surface area contributed by atoms with Crippen LogP contribution in [0.25, 0.3) is 11.1 Å². The van der Waals surface area contributed by atoms with Gasteiger partial charge in [-0.15, -0.1) is 0 Å². The van der Waals surface area contributed by atoms with Gasteiger partial charge in [-0.25, -0.2) is 9.18 Å². The number of hydrogen-bond acceptors (Lipinski definition) is 1. The van der Waals surface area contributed by atoms with Gasteiger partial charge in [-0.1, -0.05) is 23.7 Å². The summed E-state index contributed by atoms with van der Waals surface area (Å²) in [5.41, 5.74) is 2.33. The molecule has 2 aromatic rings. The van der Waals surface area contributed by atoms with Gasteiger partial charge in [-0.3, -0.25) is 0 Å². The second-order valence-corrected chi connectivity index (χ2v) is 4.80. The van der Waals surface area contributed by atoms with Crippen molar-refractivity contribution in [3.63, 3.8) is 0 Å². The van der Waals surface area contributed by atoms with Gasteiger partial charge in [-0.2, -0.15) is 0 Å². The number of halogens is 2. The molecule has 0 bridgehead atoms. The summed E-state index contributed by atoms with van der Waals surface area (Å²) in [5, 5.41) is 9.34. The molecular weight excluding hydrogens is 267 g/mol. The van der Waals surface area contributed by atoms with Crippen LogP contribution in [0.3, 0.4) is 0 Å². The Bertz CT molecular complexity index is 665. The molecule has 2 rings (SSSR count). The van der Waals surface area contributed by atoms with Crippen LogP contribution >= 0.6 is 11.6 Å². The summed E-state index contributed by atoms with van der Waals surface area (Å²) in [4.78, 5) is 10.9. The van der Waals surface area contributed by atoms with E-state index in [9.17, 15) is 9.18 Å². The molecule has 4 heteroatoms. The average molecular weight is 279 g/mol. The number of aromatic carboxylic acids is 1. The van der Waals surface area contributed by atoms with Crippen molar-refractivity contribution in [2.45, 2.75) is 13.8 Å². The third-order valence-electron chi connectivity index (χ3n) is 3.10. The second kappa shape index (κ2) is 5.02. The molecular formula is C15H12ClFO2. The van der Waals surface area contributed by atoms with Crippen LogP contribution in [0.15, 0.2) is 30.3 Å². The Morgan fingerprint density at radius 2 is 1.79 bits per heavy atom. The van der Waals surface area contributed by atoms with Gasteiger partial charge in [0, 0.05) is 16.1 Å². The van der Waals surface area contributed by atoms with Crippen LogP contribution in [-0.4, -0.2) is 11.1 Å². The van der Waals surface area contributed by atoms with Crippen molar-refractivity contribution in [1.82, 2.24) is 0 Å².